The fourth-order valence-corrected chi connectivity index (χ4v) is 2.22. The van der Waals surface area contributed by atoms with Gasteiger partial charge < -0.3 is 10.2 Å². The third kappa shape index (κ3) is 8.62. The molecule has 17 heavy (non-hydrogen) atoms. The number of rotatable bonds is 9. The fourth-order valence-electron chi connectivity index (χ4n) is 2.22. The smallest absolute Gasteiger partial charge is 0.00640 e. The van der Waals surface area contributed by atoms with E-state index in [4.69, 9.17) is 0 Å². The van der Waals surface area contributed by atoms with E-state index in [0.29, 0.717) is 11.5 Å². The van der Waals surface area contributed by atoms with Gasteiger partial charge in [-0.25, -0.2) is 0 Å². The summed E-state index contributed by atoms with van der Waals surface area (Å²) < 4.78 is 0. The molecule has 1 unspecified atom stereocenters. The lowest BCUT2D eigenvalue weighted by molar-refractivity contribution is 0.158. The van der Waals surface area contributed by atoms with E-state index in [1.54, 1.807) is 0 Å². The molecular formula is C15H34N2. The van der Waals surface area contributed by atoms with Crippen LogP contribution in [0.2, 0.25) is 0 Å². The van der Waals surface area contributed by atoms with E-state index in [1.165, 1.54) is 19.4 Å². The van der Waals surface area contributed by atoms with E-state index >= 15 is 0 Å². The molecule has 0 rings (SSSR count). The molecule has 0 aliphatic carbocycles. The molecule has 2 nitrogen and oxygen atoms in total. The maximum absolute atomic E-state index is 3.57. The second kappa shape index (κ2) is 8.10. The van der Waals surface area contributed by atoms with Crippen LogP contribution < -0.4 is 5.32 Å². The molecular weight excluding hydrogens is 208 g/mol. The molecule has 0 spiro atoms. The van der Waals surface area contributed by atoms with Gasteiger partial charge in [0.15, 0.2) is 0 Å². The molecule has 104 valence electrons. The van der Waals surface area contributed by atoms with Crippen LogP contribution >= 0.6 is 0 Å². The number of nitrogens with one attached hydrogen (secondary N) is 1. The molecule has 0 aliphatic heterocycles. The summed E-state index contributed by atoms with van der Waals surface area (Å²) in [5.41, 5.74) is 0.353. The molecule has 1 atom stereocenters. The summed E-state index contributed by atoms with van der Waals surface area (Å²) in [6.45, 7) is 17.2. The van der Waals surface area contributed by atoms with Crippen LogP contribution in [-0.4, -0.2) is 37.6 Å². The molecule has 0 aromatic heterocycles. The van der Waals surface area contributed by atoms with E-state index in [1.807, 2.05) is 0 Å². The first kappa shape index (κ1) is 16.9. The zero-order valence-corrected chi connectivity index (χ0v) is 13.1. The molecule has 0 bridgehead atoms. The van der Waals surface area contributed by atoms with Crippen LogP contribution in [0.25, 0.3) is 0 Å². The Kier molecular flexibility index (Phi) is 8.06. The van der Waals surface area contributed by atoms with Crippen molar-refractivity contribution in [2.24, 2.45) is 11.3 Å². The highest BCUT2D eigenvalue weighted by atomic mass is 15.1. The maximum Gasteiger partial charge on any atom is 0.00640 e. The van der Waals surface area contributed by atoms with Gasteiger partial charge in [-0.1, -0.05) is 41.0 Å². The lowest BCUT2D eigenvalue weighted by atomic mass is 9.92. The Bertz CT molecular complexity index is 187. The van der Waals surface area contributed by atoms with Crippen molar-refractivity contribution < 1.29 is 0 Å². The van der Waals surface area contributed by atoms with Crippen molar-refractivity contribution in [2.75, 3.05) is 26.7 Å². The molecule has 0 aromatic rings. The average molecular weight is 242 g/mol. The number of hydrogen-bond donors (Lipinski definition) is 1. The van der Waals surface area contributed by atoms with Crippen LogP contribution in [0.5, 0.6) is 0 Å². The zero-order chi connectivity index (χ0) is 13.5. The fraction of sp³-hybridized carbons (Fsp3) is 1.00. The van der Waals surface area contributed by atoms with E-state index in [-0.39, 0.29) is 0 Å². The average Bonchev–Trinajstić information content (AvgIpc) is 2.16. The van der Waals surface area contributed by atoms with Gasteiger partial charge >= 0.3 is 0 Å². The lowest BCUT2D eigenvalue weighted by Gasteiger charge is -2.34. The molecule has 0 amide bonds. The van der Waals surface area contributed by atoms with Crippen LogP contribution in [0.4, 0.5) is 0 Å². The Morgan fingerprint density at radius 3 is 2.24 bits per heavy atom. The third-order valence-electron chi connectivity index (χ3n) is 3.29. The Balaban J connectivity index is 3.97. The molecule has 2 heteroatoms. The van der Waals surface area contributed by atoms with Crippen LogP contribution in [0.15, 0.2) is 0 Å². The van der Waals surface area contributed by atoms with Crippen molar-refractivity contribution in [3.05, 3.63) is 0 Å². The molecule has 0 aliphatic rings. The zero-order valence-electron chi connectivity index (χ0n) is 13.1. The second-order valence-corrected chi connectivity index (χ2v) is 6.74. The highest BCUT2D eigenvalue weighted by Gasteiger charge is 2.21. The van der Waals surface area contributed by atoms with Crippen molar-refractivity contribution >= 4 is 0 Å². The van der Waals surface area contributed by atoms with Crippen molar-refractivity contribution in [3.8, 4) is 0 Å². The van der Waals surface area contributed by atoms with Crippen molar-refractivity contribution in [1.29, 1.82) is 0 Å². The molecule has 1 N–H and O–H groups in total. The second-order valence-electron chi connectivity index (χ2n) is 6.74. The highest BCUT2D eigenvalue weighted by Crippen LogP contribution is 2.17. The predicted octanol–water partition coefficient (Wildman–Crippen LogP) is 3.38. The minimum Gasteiger partial charge on any atom is -0.316 e. The molecule has 0 radical (unpaired) electrons. The van der Waals surface area contributed by atoms with Crippen molar-refractivity contribution in [2.45, 2.75) is 60.4 Å². The highest BCUT2D eigenvalue weighted by molar-refractivity contribution is 4.77. The first-order valence-electron chi connectivity index (χ1n) is 7.19. The Labute approximate surface area is 109 Å². The van der Waals surface area contributed by atoms with Gasteiger partial charge in [0.1, 0.15) is 0 Å². The summed E-state index contributed by atoms with van der Waals surface area (Å²) in [7, 11) is 2.25. The molecule has 0 heterocycles. The topological polar surface area (TPSA) is 15.3 Å². The van der Waals surface area contributed by atoms with Crippen LogP contribution in [-0.2, 0) is 0 Å². The van der Waals surface area contributed by atoms with Gasteiger partial charge in [-0.3, -0.25) is 0 Å². The first-order chi connectivity index (χ1) is 7.78. The van der Waals surface area contributed by atoms with Gasteiger partial charge in [0, 0.05) is 19.1 Å². The molecule has 0 saturated heterocycles. The van der Waals surface area contributed by atoms with Crippen LogP contribution in [0.3, 0.4) is 0 Å². The van der Waals surface area contributed by atoms with E-state index in [9.17, 15) is 0 Å². The van der Waals surface area contributed by atoms with Gasteiger partial charge in [-0.05, 0) is 38.3 Å². The van der Waals surface area contributed by atoms with Gasteiger partial charge in [0.2, 0.25) is 0 Å². The van der Waals surface area contributed by atoms with Gasteiger partial charge in [0.05, 0.1) is 0 Å². The summed E-state index contributed by atoms with van der Waals surface area (Å²) in [4.78, 5) is 2.50. The lowest BCUT2D eigenvalue weighted by Crippen LogP contribution is -2.42. The van der Waals surface area contributed by atoms with Crippen LogP contribution in [0, 0.1) is 11.3 Å². The van der Waals surface area contributed by atoms with Gasteiger partial charge in [-0.2, -0.15) is 0 Å². The SMILES string of the molecule is CCCC(C)N(C)CC(C)(C)CNCC(C)C. The largest absolute Gasteiger partial charge is 0.316 e. The number of nitrogens with zero attached hydrogens (tertiary/aromatic N) is 1. The summed E-state index contributed by atoms with van der Waals surface area (Å²) in [6, 6.07) is 0.698. The third-order valence-corrected chi connectivity index (χ3v) is 3.29. The minimum absolute atomic E-state index is 0.353. The summed E-state index contributed by atoms with van der Waals surface area (Å²) in [5.74, 6) is 0.738. The maximum atomic E-state index is 3.57. The van der Waals surface area contributed by atoms with Crippen molar-refractivity contribution in [1.82, 2.24) is 10.2 Å². The number of hydrogen-bond acceptors (Lipinski definition) is 2. The summed E-state index contributed by atoms with van der Waals surface area (Å²) >= 11 is 0. The minimum atomic E-state index is 0.353. The summed E-state index contributed by atoms with van der Waals surface area (Å²) in [6.07, 6.45) is 2.57. The monoisotopic (exact) mass is 242 g/mol. The molecule has 0 saturated carbocycles. The molecule has 0 fully saturated rings. The van der Waals surface area contributed by atoms with Crippen LogP contribution in [0.1, 0.15) is 54.4 Å². The van der Waals surface area contributed by atoms with E-state index in [0.717, 1.165) is 19.0 Å². The normalized spacial score (nSPS) is 14.6. The Morgan fingerprint density at radius 2 is 1.76 bits per heavy atom. The quantitative estimate of drug-likeness (QED) is 0.667. The Morgan fingerprint density at radius 1 is 1.18 bits per heavy atom. The predicted molar refractivity (Wildman–Crippen MR) is 78.5 cm³/mol. The van der Waals surface area contributed by atoms with Crippen molar-refractivity contribution in [3.63, 3.8) is 0 Å². The summed E-state index contributed by atoms with van der Waals surface area (Å²) in [5, 5.41) is 3.57. The van der Waals surface area contributed by atoms with Gasteiger partial charge in [-0.15, -0.1) is 0 Å². The Hall–Kier alpha value is -0.0800. The first-order valence-corrected chi connectivity index (χ1v) is 7.19. The van der Waals surface area contributed by atoms with Gasteiger partial charge in [0.25, 0.3) is 0 Å². The van der Waals surface area contributed by atoms with E-state index in [2.05, 4.69) is 58.8 Å². The standard InChI is InChI=1S/C15H34N2/c1-8-9-14(4)17(7)12-15(5,6)11-16-10-13(2)3/h13-14,16H,8-12H2,1-7H3. The van der Waals surface area contributed by atoms with E-state index < -0.39 is 0 Å². The molecule has 0 aromatic carbocycles.